The normalized spacial score (nSPS) is 9.50. The van der Waals surface area contributed by atoms with Crippen molar-refractivity contribution in [1.29, 1.82) is 5.26 Å². The van der Waals surface area contributed by atoms with E-state index in [2.05, 4.69) is 17.6 Å². The Morgan fingerprint density at radius 3 is 2.93 bits per heavy atom. The quantitative estimate of drug-likeness (QED) is 0.769. The topological polar surface area (TPSA) is 35.8 Å². The number of nitriles is 1. The molecule has 0 aliphatic rings. The largest absolute Gasteiger partial charge is 0.384 e. The summed E-state index contributed by atoms with van der Waals surface area (Å²) in [4.78, 5) is 0. The summed E-state index contributed by atoms with van der Waals surface area (Å²) in [7, 11) is 0. The minimum atomic E-state index is 0.710. The van der Waals surface area contributed by atoms with Crippen molar-refractivity contribution in [3.63, 3.8) is 0 Å². The number of benzene rings is 1. The van der Waals surface area contributed by atoms with Crippen LogP contribution >= 0.6 is 11.8 Å². The van der Waals surface area contributed by atoms with Crippen LogP contribution in [0.25, 0.3) is 0 Å². The van der Waals surface area contributed by atoms with Gasteiger partial charge in [-0.25, -0.2) is 0 Å². The molecular formula is C11H14N2S. The van der Waals surface area contributed by atoms with Crippen LogP contribution in [0, 0.1) is 18.3 Å². The van der Waals surface area contributed by atoms with E-state index in [4.69, 9.17) is 5.26 Å². The lowest BCUT2D eigenvalue weighted by Crippen LogP contribution is -2.05. The Labute approximate surface area is 89.3 Å². The van der Waals surface area contributed by atoms with Crippen molar-refractivity contribution in [2.24, 2.45) is 0 Å². The van der Waals surface area contributed by atoms with Gasteiger partial charge >= 0.3 is 0 Å². The highest BCUT2D eigenvalue weighted by molar-refractivity contribution is 7.98. The van der Waals surface area contributed by atoms with E-state index < -0.39 is 0 Å². The second kappa shape index (κ2) is 5.56. The van der Waals surface area contributed by atoms with Crippen molar-refractivity contribution in [3.8, 4) is 6.07 Å². The lowest BCUT2D eigenvalue weighted by molar-refractivity contribution is 1.21. The maximum atomic E-state index is 8.74. The third kappa shape index (κ3) is 2.97. The van der Waals surface area contributed by atoms with E-state index in [1.807, 2.05) is 36.9 Å². The first kappa shape index (κ1) is 10.9. The summed E-state index contributed by atoms with van der Waals surface area (Å²) in [5.74, 6) is 1.08. The summed E-state index contributed by atoms with van der Waals surface area (Å²) in [5, 5.41) is 12.1. The molecule has 0 aliphatic carbocycles. The number of anilines is 1. The van der Waals surface area contributed by atoms with E-state index in [-0.39, 0.29) is 0 Å². The molecule has 74 valence electrons. The summed E-state index contributed by atoms with van der Waals surface area (Å²) < 4.78 is 0. The van der Waals surface area contributed by atoms with Crippen LogP contribution in [0.4, 0.5) is 5.69 Å². The zero-order valence-corrected chi connectivity index (χ0v) is 9.32. The SMILES string of the molecule is CSCCNc1cc(C#N)ccc1C. The number of nitrogens with one attached hydrogen (secondary N) is 1. The molecule has 0 aliphatic heterocycles. The van der Waals surface area contributed by atoms with Gasteiger partial charge in [-0.2, -0.15) is 17.0 Å². The molecule has 0 atom stereocenters. The second-order valence-corrected chi connectivity index (χ2v) is 4.05. The van der Waals surface area contributed by atoms with Gasteiger partial charge in [0.05, 0.1) is 11.6 Å². The van der Waals surface area contributed by atoms with Crippen LogP contribution in [0.3, 0.4) is 0 Å². The van der Waals surface area contributed by atoms with Crippen LogP contribution < -0.4 is 5.32 Å². The average molecular weight is 206 g/mol. The van der Waals surface area contributed by atoms with Gasteiger partial charge in [0.1, 0.15) is 0 Å². The summed E-state index contributed by atoms with van der Waals surface area (Å²) in [5.41, 5.74) is 2.96. The molecule has 14 heavy (non-hydrogen) atoms. The third-order valence-corrected chi connectivity index (χ3v) is 2.60. The maximum Gasteiger partial charge on any atom is 0.0992 e. The Morgan fingerprint density at radius 2 is 2.29 bits per heavy atom. The van der Waals surface area contributed by atoms with E-state index in [0.717, 1.165) is 18.0 Å². The molecule has 1 aromatic carbocycles. The second-order valence-electron chi connectivity index (χ2n) is 3.06. The molecule has 1 rings (SSSR count). The molecule has 0 heterocycles. The first-order valence-corrected chi connectivity index (χ1v) is 5.91. The smallest absolute Gasteiger partial charge is 0.0992 e. The highest BCUT2D eigenvalue weighted by Gasteiger charge is 1.98. The van der Waals surface area contributed by atoms with Gasteiger partial charge < -0.3 is 5.32 Å². The van der Waals surface area contributed by atoms with Gasteiger partial charge in [0.15, 0.2) is 0 Å². The van der Waals surface area contributed by atoms with Gasteiger partial charge in [-0.3, -0.25) is 0 Å². The Kier molecular flexibility index (Phi) is 4.34. The van der Waals surface area contributed by atoms with Crippen LogP contribution in [-0.4, -0.2) is 18.6 Å². The van der Waals surface area contributed by atoms with Crippen LogP contribution in [-0.2, 0) is 0 Å². The molecule has 0 spiro atoms. The number of aryl methyl sites for hydroxylation is 1. The van der Waals surface area contributed by atoms with Gasteiger partial charge in [0.25, 0.3) is 0 Å². The van der Waals surface area contributed by atoms with Gasteiger partial charge in [0.2, 0.25) is 0 Å². The van der Waals surface area contributed by atoms with E-state index >= 15 is 0 Å². The first-order chi connectivity index (χ1) is 6.77. The Morgan fingerprint density at radius 1 is 1.50 bits per heavy atom. The summed E-state index contributed by atoms with van der Waals surface area (Å²) >= 11 is 1.81. The number of hydrogen-bond acceptors (Lipinski definition) is 3. The summed E-state index contributed by atoms with van der Waals surface area (Å²) in [6.45, 7) is 2.99. The molecule has 0 radical (unpaired) electrons. The molecule has 0 aromatic heterocycles. The molecule has 1 N–H and O–H groups in total. The number of thioether (sulfide) groups is 1. The van der Waals surface area contributed by atoms with Crippen molar-refractivity contribution in [3.05, 3.63) is 29.3 Å². The molecule has 0 saturated heterocycles. The Balaban J connectivity index is 2.70. The number of rotatable bonds is 4. The van der Waals surface area contributed by atoms with Crippen molar-refractivity contribution in [2.75, 3.05) is 23.9 Å². The van der Waals surface area contributed by atoms with Gasteiger partial charge in [-0.15, -0.1) is 0 Å². The van der Waals surface area contributed by atoms with Crippen LogP contribution in [0.1, 0.15) is 11.1 Å². The molecule has 0 bridgehead atoms. The molecule has 3 heteroatoms. The molecule has 0 saturated carbocycles. The van der Waals surface area contributed by atoms with Gasteiger partial charge in [-0.05, 0) is 30.9 Å². The van der Waals surface area contributed by atoms with E-state index in [0.29, 0.717) is 5.56 Å². The molecule has 1 aromatic rings. The molecule has 0 fully saturated rings. The maximum absolute atomic E-state index is 8.74. The monoisotopic (exact) mass is 206 g/mol. The highest BCUT2D eigenvalue weighted by Crippen LogP contribution is 2.16. The van der Waals surface area contributed by atoms with Crippen molar-refractivity contribution in [2.45, 2.75) is 6.92 Å². The summed E-state index contributed by atoms with van der Waals surface area (Å²) in [6, 6.07) is 7.85. The minimum absolute atomic E-state index is 0.710. The molecular weight excluding hydrogens is 192 g/mol. The van der Waals surface area contributed by atoms with Crippen molar-refractivity contribution in [1.82, 2.24) is 0 Å². The highest BCUT2D eigenvalue weighted by atomic mass is 32.2. The average Bonchev–Trinajstić information content (AvgIpc) is 2.21. The Bertz CT molecular complexity index is 342. The minimum Gasteiger partial charge on any atom is -0.384 e. The standard InChI is InChI=1S/C11H14N2S/c1-9-3-4-10(8-12)7-11(9)13-5-6-14-2/h3-4,7,13H,5-6H2,1-2H3. The van der Waals surface area contributed by atoms with Crippen LogP contribution in [0.2, 0.25) is 0 Å². The fraction of sp³-hybridized carbons (Fsp3) is 0.364. The Hall–Kier alpha value is -1.14. The lowest BCUT2D eigenvalue weighted by atomic mass is 10.1. The van der Waals surface area contributed by atoms with Crippen molar-refractivity contribution >= 4 is 17.4 Å². The van der Waals surface area contributed by atoms with Gasteiger partial charge in [-0.1, -0.05) is 6.07 Å². The zero-order chi connectivity index (χ0) is 10.4. The lowest BCUT2D eigenvalue weighted by Gasteiger charge is -2.08. The first-order valence-electron chi connectivity index (χ1n) is 4.51. The zero-order valence-electron chi connectivity index (χ0n) is 8.50. The predicted octanol–water partition coefficient (Wildman–Crippen LogP) is 2.64. The summed E-state index contributed by atoms with van der Waals surface area (Å²) in [6.07, 6.45) is 2.08. The van der Waals surface area contributed by atoms with Crippen molar-refractivity contribution < 1.29 is 0 Å². The van der Waals surface area contributed by atoms with E-state index in [9.17, 15) is 0 Å². The van der Waals surface area contributed by atoms with Crippen LogP contribution in [0.15, 0.2) is 18.2 Å². The van der Waals surface area contributed by atoms with Crippen LogP contribution in [0.5, 0.6) is 0 Å². The number of hydrogen-bond donors (Lipinski definition) is 1. The fourth-order valence-electron chi connectivity index (χ4n) is 1.17. The fourth-order valence-corrected chi connectivity index (χ4v) is 1.48. The third-order valence-electron chi connectivity index (χ3n) is 1.99. The predicted molar refractivity (Wildman–Crippen MR) is 62.8 cm³/mol. The molecule has 2 nitrogen and oxygen atoms in total. The van der Waals surface area contributed by atoms with Gasteiger partial charge in [0, 0.05) is 18.0 Å². The molecule has 0 unspecified atom stereocenters. The van der Waals surface area contributed by atoms with E-state index in [1.54, 1.807) is 0 Å². The number of nitrogens with zero attached hydrogens (tertiary/aromatic N) is 1. The van der Waals surface area contributed by atoms with E-state index in [1.165, 1.54) is 5.56 Å². The molecule has 0 amide bonds.